The number of carbonyl (C=O) groups excluding carboxylic acids is 1. The highest BCUT2D eigenvalue weighted by molar-refractivity contribution is 5.98. The Morgan fingerprint density at radius 2 is 1.95 bits per heavy atom. The van der Waals surface area contributed by atoms with E-state index in [1.54, 1.807) is 0 Å². The number of amides is 1. The zero-order chi connectivity index (χ0) is 14.4. The lowest BCUT2D eigenvalue weighted by Gasteiger charge is -2.42. The lowest BCUT2D eigenvalue weighted by Crippen LogP contribution is -2.49. The van der Waals surface area contributed by atoms with Crippen LogP contribution in [0.5, 0.6) is 0 Å². The van der Waals surface area contributed by atoms with Crippen LogP contribution in [0.1, 0.15) is 50.5 Å². The van der Waals surface area contributed by atoms with Crippen molar-refractivity contribution in [1.82, 2.24) is 4.90 Å². The van der Waals surface area contributed by atoms with Crippen molar-refractivity contribution in [3.8, 4) is 0 Å². The Hall–Kier alpha value is -1.51. The molecule has 19 heavy (non-hydrogen) atoms. The van der Waals surface area contributed by atoms with Crippen LogP contribution in [0.15, 0.2) is 18.2 Å². The molecule has 0 spiro atoms. The predicted molar refractivity (Wildman–Crippen MR) is 79.2 cm³/mol. The number of rotatable bonds is 1. The van der Waals surface area contributed by atoms with E-state index >= 15 is 0 Å². The average molecular weight is 260 g/mol. The van der Waals surface area contributed by atoms with Gasteiger partial charge >= 0.3 is 0 Å². The molecule has 0 atom stereocenters. The number of hydrogen-bond donors (Lipinski definition) is 1. The molecule has 0 radical (unpaired) electrons. The normalized spacial score (nSPS) is 18.4. The highest BCUT2D eigenvalue weighted by Gasteiger charge is 2.37. The van der Waals surface area contributed by atoms with Crippen molar-refractivity contribution in [2.75, 3.05) is 18.8 Å². The lowest BCUT2D eigenvalue weighted by molar-refractivity contribution is 0.0617. The fourth-order valence-corrected chi connectivity index (χ4v) is 2.83. The van der Waals surface area contributed by atoms with Gasteiger partial charge in [0.25, 0.3) is 5.91 Å². The van der Waals surface area contributed by atoms with Gasteiger partial charge in [-0.15, -0.1) is 0 Å². The summed E-state index contributed by atoms with van der Waals surface area (Å²) in [6, 6.07) is 5.69. The van der Waals surface area contributed by atoms with Crippen LogP contribution in [0.25, 0.3) is 0 Å². The van der Waals surface area contributed by atoms with Crippen LogP contribution < -0.4 is 5.73 Å². The van der Waals surface area contributed by atoms with Crippen LogP contribution in [0, 0.1) is 5.41 Å². The van der Waals surface area contributed by atoms with Gasteiger partial charge in [-0.1, -0.05) is 40.7 Å². The number of nitrogens with zero attached hydrogens (tertiary/aromatic N) is 1. The van der Waals surface area contributed by atoms with Crippen molar-refractivity contribution in [2.24, 2.45) is 5.41 Å². The fraction of sp³-hybridized carbons (Fsp3) is 0.562. The van der Waals surface area contributed by atoms with Gasteiger partial charge in [-0.05, 0) is 23.1 Å². The molecule has 1 heterocycles. The largest absolute Gasteiger partial charge is 0.399 e. The first-order chi connectivity index (χ1) is 8.60. The highest BCUT2D eigenvalue weighted by Crippen LogP contribution is 2.35. The van der Waals surface area contributed by atoms with Gasteiger partial charge in [-0.2, -0.15) is 0 Å². The maximum absolute atomic E-state index is 12.6. The van der Waals surface area contributed by atoms with Crippen LogP contribution >= 0.6 is 0 Å². The van der Waals surface area contributed by atoms with Crippen LogP contribution in [-0.2, 0) is 5.41 Å². The molecule has 3 nitrogen and oxygen atoms in total. The van der Waals surface area contributed by atoms with Crippen molar-refractivity contribution in [1.29, 1.82) is 0 Å². The third-order valence-electron chi connectivity index (χ3n) is 3.54. The lowest BCUT2D eigenvalue weighted by atomic mass is 9.77. The van der Waals surface area contributed by atoms with Gasteiger partial charge in [-0.3, -0.25) is 4.79 Å². The number of hydrogen-bond acceptors (Lipinski definition) is 2. The van der Waals surface area contributed by atoms with Gasteiger partial charge in [0.2, 0.25) is 0 Å². The minimum Gasteiger partial charge on any atom is -0.399 e. The molecule has 0 bridgehead atoms. The first-order valence-corrected chi connectivity index (χ1v) is 6.79. The molecule has 0 saturated carbocycles. The van der Waals surface area contributed by atoms with E-state index < -0.39 is 0 Å². The number of benzene rings is 1. The van der Waals surface area contributed by atoms with Gasteiger partial charge in [0, 0.05) is 29.8 Å². The molecule has 2 rings (SSSR count). The molecule has 3 heteroatoms. The molecular formula is C16H24N2O. The summed E-state index contributed by atoms with van der Waals surface area (Å²) in [5.74, 6) is 0.108. The van der Waals surface area contributed by atoms with Gasteiger partial charge in [-0.25, -0.2) is 0 Å². The van der Waals surface area contributed by atoms with Gasteiger partial charge in [0.1, 0.15) is 0 Å². The Morgan fingerprint density at radius 1 is 1.32 bits per heavy atom. The Morgan fingerprint density at radius 3 is 2.53 bits per heavy atom. The molecule has 2 N–H and O–H groups in total. The summed E-state index contributed by atoms with van der Waals surface area (Å²) >= 11 is 0. The maximum Gasteiger partial charge on any atom is 0.254 e. The predicted octanol–water partition coefficient (Wildman–Crippen LogP) is 3.05. The van der Waals surface area contributed by atoms with Crippen LogP contribution in [-0.4, -0.2) is 23.9 Å². The first kappa shape index (κ1) is 13.9. The van der Waals surface area contributed by atoms with Crippen LogP contribution in [0.3, 0.4) is 0 Å². The summed E-state index contributed by atoms with van der Waals surface area (Å²) in [6.45, 7) is 12.4. The summed E-state index contributed by atoms with van der Waals surface area (Å²) in [5.41, 5.74) is 8.44. The van der Waals surface area contributed by atoms with E-state index in [2.05, 4.69) is 34.6 Å². The Balaban J connectivity index is 2.44. The quantitative estimate of drug-likeness (QED) is 0.789. The highest BCUT2D eigenvalue weighted by atomic mass is 16.2. The van der Waals surface area contributed by atoms with E-state index in [4.69, 9.17) is 5.73 Å². The maximum atomic E-state index is 12.6. The van der Waals surface area contributed by atoms with E-state index in [0.717, 1.165) is 24.2 Å². The van der Waals surface area contributed by atoms with Crippen molar-refractivity contribution in [2.45, 2.75) is 40.0 Å². The van der Waals surface area contributed by atoms with Gasteiger partial charge in [0.05, 0.1) is 0 Å². The smallest absolute Gasteiger partial charge is 0.254 e. The average Bonchev–Trinajstić information content (AvgIpc) is 2.22. The monoisotopic (exact) mass is 260 g/mol. The number of anilines is 1. The molecule has 104 valence electrons. The number of fused-ring (bicyclic) bond motifs is 1. The molecule has 0 aromatic heterocycles. The minimum atomic E-state index is -0.0256. The Labute approximate surface area is 115 Å². The minimum absolute atomic E-state index is 0.0256. The second-order valence-corrected chi connectivity index (χ2v) is 7.41. The number of carbonyl (C=O) groups is 1. The van der Waals surface area contributed by atoms with E-state index in [1.165, 1.54) is 0 Å². The zero-order valence-electron chi connectivity index (χ0n) is 12.6. The van der Waals surface area contributed by atoms with Gasteiger partial charge < -0.3 is 10.6 Å². The van der Waals surface area contributed by atoms with Crippen molar-refractivity contribution < 1.29 is 4.79 Å². The number of nitrogens with two attached hydrogens (primary N) is 1. The van der Waals surface area contributed by atoms with Crippen LogP contribution in [0.2, 0.25) is 0 Å². The van der Waals surface area contributed by atoms with E-state index in [9.17, 15) is 4.79 Å². The van der Waals surface area contributed by atoms with Crippen molar-refractivity contribution >= 4 is 11.6 Å². The molecule has 1 aliphatic rings. The molecule has 1 amide bonds. The van der Waals surface area contributed by atoms with Crippen LogP contribution in [0.4, 0.5) is 5.69 Å². The zero-order valence-corrected chi connectivity index (χ0v) is 12.6. The first-order valence-electron chi connectivity index (χ1n) is 6.79. The molecule has 1 aromatic carbocycles. The second-order valence-electron chi connectivity index (χ2n) is 7.41. The Bertz CT molecular complexity index is 512. The van der Waals surface area contributed by atoms with E-state index in [1.807, 2.05) is 23.1 Å². The summed E-state index contributed by atoms with van der Waals surface area (Å²) < 4.78 is 0. The fourth-order valence-electron chi connectivity index (χ4n) is 2.83. The molecular weight excluding hydrogens is 236 g/mol. The molecule has 0 fully saturated rings. The van der Waals surface area contributed by atoms with Crippen molar-refractivity contribution in [3.63, 3.8) is 0 Å². The third-order valence-corrected chi connectivity index (χ3v) is 3.54. The molecule has 1 aliphatic heterocycles. The summed E-state index contributed by atoms with van der Waals surface area (Å²) in [6.07, 6.45) is 0. The summed E-state index contributed by atoms with van der Waals surface area (Å²) in [7, 11) is 0. The Kier molecular flexibility index (Phi) is 3.12. The molecule has 0 saturated heterocycles. The third kappa shape index (κ3) is 2.75. The van der Waals surface area contributed by atoms with E-state index in [0.29, 0.717) is 5.69 Å². The standard InChI is InChI=1S/C16H24N2O/c1-15(2,3)9-18-10-16(4,5)13-7-6-11(17)8-12(13)14(18)19/h6-8H,9-10,17H2,1-5H3. The molecule has 0 aliphatic carbocycles. The SMILES string of the molecule is CC(C)(C)CN1CC(C)(C)c2ccc(N)cc2C1=O. The molecule has 0 unspecified atom stereocenters. The number of nitrogen functional groups attached to an aromatic ring is 1. The topological polar surface area (TPSA) is 46.3 Å². The van der Waals surface area contributed by atoms with Gasteiger partial charge in [0.15, 0.2) is 0 Å². The summed E-state index contributed by atoms with van der Waals surface area (Å²) in [4.78, 5) is 14.6. The second kappa shape index (κ2) is 4.26. The summed E-state index contributed by atoms with van der Waals surface area (Å²) in [5, 5.41) is 0. The van der Waals surface area contributed by atoms with Crippen molar-refractivity contribution in [3.05, 3.63) is 29.3 Å². The molecule has 1 aromatic rings. The van der Waals surface area contributed by atoms with E-state index in [-0.39, 0.29) is 16.7 Å².